The second kappa shape index (κ2) is 9.68. The maximum absolute atomic E-state index is 12.7. The van der Waals surface area contributed by atoms with E-state index in [4.69, 9.17) is 4.74 Å². The predicted molar refractivity (Wildman–Crippen MR) is 93.5 cm³/mol. The second-order valence-electron chi connectivity index (χ2n) is 6.57. The summed E-state index contributed by atoms with van der Waals surface area (Å²) < 4.78 is 5.45. The lowest BCUT2D eigenvalue weighted by Gasteiger charge is -2.35. The van der Waals surface area contributed by atoms with Gasteiger partial charge in [-0.1, -0.05) is 30.3 Å². The predicted octanol–water partition coefficient (Wildman–Crippen LogP) is 2.58. The fourth-order valence-electron chi connectivity index (χ4n) is 3.05. The summed E-state index contributed by atoms with van der Waals surface area (Å²) in [7, 11) is 4.12. The van der Waals surface area contributed by atoms with Crippen LogP contribution in [-0.4, -0.2) is 62.1 Å². The molecule has 0 N–H and O–H groups in total. The van der Waals surface area contributed by atoms with Crippen molar-refractivity contribution in [3.63, 3.8) is 0 Å². The van der Waals surface area contributed by atoms with Gasteiger partial charge in [-0.05, 0) is 45.3 Å². The minimum absolute atomic E-state index is 0.301. The summed E-state index contributed by atoms with van der Waals surface area (Å²) in [6, 6.07) is 10.8. The van der Waals surface area contributed by atoms with Crippen molar-refractivity contribution in [2.24, 2.45) is 0 Å². The molecule has 1 heterocycles. The van der Waals surface area contributed by atoms with Crippen molar-refractivity contribution >= 4 is 5.91 Å². The van der Waals surface area contributed by atoms with Crippen molar-refractivity contribution in [2.45, 2.75) is 38.1 Å². The third-order valence-electron chi connectivity index (χ3n) is 4.44. The average Bonchev–Trinajstić information content (AvgIpc) is 2.57. The van der Waals surface area contributed by atoms with Crippen molar-refractivity contribution < 1.29 is 9.53 Å². The van der Waals surface area contributed by atoms with Crippen molar-refractivity contribution in [2.75, 3.05) is 40.4 Å². The maximum Gasteiger partial charge on any atom is 0.222 e. The molecule has 1 aromatic carbocycles. The van der Waals surface area contributed by atoms with Crippen LogP contribution in [-0.2, 0) is 16.0 Å². The van der Waals surface area contributed by atoms with Gasteiger partial charge < -0.3 is 14.5 Å². The standard InChI is InChI=1S/C19H30N2O2/c1-20(2)13-14-21(18-11-15-23-16-12-18)19(22)10-6-9-17-7-4-3-5-8-17/h3-5,7-8,18H,6,9-16H2,1-2H3. The topological polar surface area (TPSA) is 32.8 Å². The minimum atomic E-state index is 0.301. The molecule has 0 radical (unpaired) electrons. The first-order chi connectivity index (χ1) is 11.2. The van der Waals surface area contributed by atoms with Crippen LogP contribution in [0.1, 0.15) is 31.2 Å². The lowest BCUT2D eigenvalue weighted by Crippen LogP contribution is -2.46. The Morgan fingerprint density at radius 3 is 2.48 bits per heavy atom. The Hall–Kier alpha value is -1.39. The molecule has 1 aliphatic heterocycles. The molecule has 0 saturated carbocycles. The second-order valence-corrected chi connectivity index (χ2v) is 6.57. The molecule has 0 bridgehead atoms. The Morgan fingerprint density at radius 1 is 1.13 bits per heavy atom. The number of hydrogen-bond donors (Lipinski definition) is 0. The van der Waals surface area contributed by atoms with Gasteiger partial charge in [0, 0.05) is 38.8 Å². The van der Waals surface area contributed by atoms with E-state index in [9.17, 15) is 4.79 Å². The highest BCUT2D eigenvalue weighted by Gasteiger charge is 2.25. The molecule has 4 heteroatoms. The van der Waals surface area contributed by atoms with Crippen LogP contribution in [0.4, 0.5) is 0 Å². The number of likely N-dealkylation sites (N-methyl/N-ethyl adjacent to an activating group) is 1. The molecule has 4 nitrogen and oxygen atoms in total. The van der Waals surface area contributed by atoms with Gasteiger partial charge in [-0.2, -0.15) is 0 Å². The van der Waals surface area contributed by atoms with E-state index in [2.05, 4.69) is 48.2 Å². The van der Waals surface area contributed by atoms with E-state index in [1.165, 1.54) is 5.56 Å². The normalized spacial score (nSPS) is 15.8. The Balaban J connectivity index is 1.84. The number of carbonyl (C=O) groups excluding carboxylic acids is 1. The van der Waals surface area contributed by atoms with Gasteiger partial charge in [-0.25, -0.2) is 0 Å². The molecule has 0 atom stereocenters. The van der Waals surface area contributed by atoms with Crippen molar-refractivity contribution in [1.29, 1.82) is 0 Å². The summed E-state index contributed by atoms with van der Waals surface area (Å²) in [6.45, 7) is 3.30. The van der Waals surface area contributed by atoms with E-state index in [0.29, 0.717) is 18.4 Å². The number of rotatable bonds is 8. The zero-order valence-corrected chi connectivity index (χ0v) is 14.5. The molecular weight excluding hydrogens is 288 g/mol. The molecule has 0 aliphatic carbocycles. The van der Waals surface area contributed by atoms with Crippen LogP contribution in [0.2, 0.25) is 0 Å². The molecular formula is C19H30N2O2. The third kappa shape index (κ3) is 6.32. The maximum atomic E-state index is 12.7. The summed E-state index contributed by atoms with van der Waals surface area (Å²) in [4.78, 5) is 17.0. The minimum Gasteiger partial charge on any atom is -0.381 e. The first-order valence-corrected chi connectivity index (χ1v) is 8.72. The molecule has 0 unspecified atom stereocenters. The monoisotopic (exact) mass is 318 g/mol. The van der Waals surface area contributed by atoms with Gasteiger partial charge >= 0.3 is 0 Å². The molecule has 2 rings (SSSR count). The van der Waals surface area contributed by atoms with E-state index in [0.717, 1.165) is 52.0 Å². The molecule has 128 valence electrons. The highest BCUT2D eigenvalue weighted by atomic mass is 16.5. The van der Waals surface area contributed by atoms with Gasteiger partial charge in [-0.15, -0.1) is 0 Å². The molecule has 1 aromatic rings. The quantitative estimate of drug-likeness (QED) is 0.738. The van der Waals surface area contributed by atoms with Gasteiger partial charge in [0.05, 0.1) is 0 Å². The molecule has 1 amide bonds. The Morgan fingerprint density at radius 2 is 1.83 bits per heavy atom. The number of amides is 1. The fraction of sp³-hybridized carbons (Fsp3) is 0.632. The van der Waals surface area contributed by atoms with E-state index in [1.54, 1.807) is 0 Å². The molecule has 0 spiro atoms. The van der Waals surface area contributed by atoms with Crippen LogP contribution in [0.3, 0.4) is 0 Å². The zero-order valence-electron chi connectivity index (χ0n) is 14.5. The Bertz CT molecular complexity index is 456. The highest BCUT2D eigenvalue weighted by molar-refractivity contribution is 5.76. The molecule has 1 saturated heterocycles. The summed E-state index contributed by atoms with van der Waals surface area (Å²) >= 11 is 0. The molecule has 0 aromatic heterocycles. The van der Waals surface area contributed by atoms with Crippen LogP contribution >= 0.6 is 0 Å². The van der Waals surface area contributed by atoms with Crippen molar-refractivity contribution in [1.82, 2.24) is 9.80 Å². The molecule has 1 fully saturated rings. The first kappa shape index (κ1) is 18.0. The van der Waals surface area contributed by atoms with E-state index in [1.807, 2.05) is 6.07 Å². The summed E-state index contributed by atoms with van der Waals surface area (Å²) in [5, 5.41) is 0. The van der Waals surface area contributed by atoms with Gasteiger partial charge in [0.25, 0.3) is 0 Å². The number of hydrogen-bond acceptors (Lipinski definition) is 3. The van der Waals surface area contributed by atoms with Crippen molar-refractivity contribution in [3.8, 4) is 0 Å². The Kier molecular flexibility index (Phi) is 7.56. The van der Waals surface area contributed by atoms with Crippen LogP contribution in [0, 0.1) is 0 Å². The first-order valence-electron chi connectivity index (χ1n) is 8.72. The van der Waals surface area contributed by atoms with E-state index in [-0.39, 0.29) is 0 Å². The van der Waals surface area contributed by atoms with E-state index >= 15 is 0 Å². The summed E-state index contributed by atoms with van der Waals surface area (Å²) in [5.41, 5.74) is 1.31. The summed E-state index contributed by atoms with van der Waals surface area (Å²) in [5.74, 6) is 0.301. The number of aryl methyl sites for hydroxylation is 1. The third-order valence-corrected chi connectivity index (χ3v) is 4.44. The number of benzene rings is 1. The smallest absolute Gasteiger partial charge is 0.222 e. The SMILES string of the molecule is CN(C)CCN(C(=O)CCCc1ccccc1)C1CCOCC1. The van der Waals surface area contributed by atoms with Crippen LogP contribution in [0.5, 0.6) is 0 Å². The highest BCUT2D eigenvalue weighted by Crippen LogP contribution is 2.16. The molecule has 1 aliphatic rings. The van der Waals surface area contributed by atoms with Crippen LogP contribution in [0.15, 0.2) is 30.3 Å². The average molecular weight is 318 g/mol. The largest absolute Gasteiger partial charge is 0.381 e. The molecule has 23 heavy (non-hydrogen) atoms. The Labute approximate surface area is 140 Å². The van der Waals surface area contributed by atoms with Gasteiger partial charge in [-0.3, -0.25) is 4.79 Å². The van der Waals surface area contributed by atoms with Gasteiger partial charge in [0.2, 0.25) is 5.91 Å². The number of nitrogens with zero attached hydrogens (tertiary/aromatic N) is 2. The zero-order chi connectivity index (χ0) is 16.5. The summed E-state index contributed by atoms with van der Waals surface area (Å²) in [6.07, 6.45) is 4.47. The van der Waals surface area contributed by atoms with E-state index < -0.39 is 0 Å². The van der Waals surface area contributed by atoms with Crippen molar-refractivity contribution in [3.05, 3.63) is 35.9 Å². The lowest BCUT2D eigenvalue weighted by molar-refractivity contribution is -0.135. The van der Waals surface area contributed by atoms with Crippen LogP contribution < -0.4 is 0 Å². The number of carbonyl (C=O) groups is 1. The van der Waals surface area contributed by atoms with Gasteiger partial charge in [0.15, 0.2) is 0 Å². The van der Waals surface area contributed by atoms with Gasteiger partial charge in [0.1, 0.15) is 0 Å². The van der Waals surface area contributed by atoms with Crippen LogP contribution in [0.25, 0.3) is 0 Å². The lowest BCUT2D eigenvalue weighted by atomic mass is 10.0. The fourth-order valence-corrected chi connectivity index (χ4v) is 3.05. The number of ether oxygens (including phenoxy) is 1.